The first-order valence-corrected chi connectivity index (χ1v) is 6.94. The topological polar surface area (TPSA) is 29.3 Å². The molecular weight excluding hydrogens is 284 g/mol. The summed E-state index contributed by atoms with van der Waals surface area (Å²) >= 11 is 0. The van der Waals surface area contributed by atoms with Gasteiger partial charge in [-0.15, -0.1) is 0 Å². The van der Waals surface area contributed by atoms with Gasteiger partial charge in [0, 0.05) is 19.1 Å². The lowest BCUT2D eigenvalue weighted by Gasteiger charge is -2.29. The molecule has 1 saturated heterocycles. The van der Waals surface area contributed by atoms with Gasteiger partial charge in [0.05, 0.1) is 5.56 Å². The van der Waals surface area contributed by atoms with Crippen molar-refractivity contribution in [2.24, 2.45) is 11.1 Å². The highest BCUT2D eigenvalue weighted by Gasteiger charge is 2.35. The van der Waals surface area contributed by atoms with Crippen molar-refractivity contribution in [1.29, 1.82) is 0 Å². The molecule has 2 N–H and O–H groups in total. The molecule has 0 aromatic heterocycles. The second-order valence-corrected chi connectivity index (χ2v) is 6.41. The largest absolute Gasteiger partial charge is 0.416 e. The summed E-state index contributed by atoms with van der Waals surface area (Å²) in [5.74, 6) is -0.878. The number of halogens is 4. The summed E-state index contributed by atoms with van der Waals surface area (Å²) in [5.41, 5.74) is 5.17. The van der Waals surface area contributed by atoms with Gasteiger partial charge in [-0.1, -0.05) is 13.8 Å². The van der Waals surface area contributed by atoms with Crippen LogP contribution in [0.5, 0.6) is 0 Å². The summed E-state index contributed by atoms with van der Waals surface area (Å²) in [5, 5.41) is 0. The van der Waals surface area contributed by atoms with E-state index >= 15 is 0 Å². The van der Waals surface area contributed by atoms with Crippen LogP contribution in [0.25, 0.3) is 0 Å². The third-order valence-electron chi connectivity index (χ3n) is 4.00. The summed E-state index contributed by atoms with van der Waals surface area (Å²) in [6, 6.07) is 2.29. The number of nitrogens with two attached hydrogens (primary N) is 1. The molecule has 0 aliphatic carbocycles. The van der Waals surface area contributed by atoms with E-state index in [4.69, 9.17) is 5.73 Å². The summed E-state index contributed by atoms with van der Waals surface area (Å²) in [6.45, 7) is 5.87. The Kier molecular flexibility index (Phi) is 4.31. The molecule has 0 saturated carbocycles. The Morgan fingerprint density at radius 3 is 2.43 bits per heavy atom. The maximum Gasteiger partial charge on any atom is 0.416 e. The van der Waals surface area contributed by atoms with Gasteiger partial charge in [0.2, 0.25) is 0 Å². The van der Waals surface area contributed by atoms with Crippen molar-refractivity contribution in [3.63, 3.8) is 0 Å². The van der Waals surface area contributed by atoms with E-state index in [0.717, 1.165) is 31.6 Å². The van der Waals surface area contributed by atoms with Gasteiger partial charge in [-0.2, -0.15) is 13.2 Å². The van der Waals surface area contributed by atoms with E-state index < -0.39 is 17.6 Å². The van der Waals surface area contributed by atoms with Crippen molar-refractivity contribution >= 4 is 0 Å². The average Bonchev–Trinajstić information content (AvgIpc) is 2.69. The number of benzene rings is 1. The molecule has 1 aliphatic heterocycles. The Hall–Kier alpha value is -1.14. The van der Waals surface area contributed by atoms with Crippen LogP contribution >= 0.6 is 0 Å². The molecule has 1 unspecified atom stereocenters. The van der Waals surface area contributed by atoms with Crippen LogP contribution in [0.15, 0.2) is 18.2 Å². The molecule has 0 spiro atoms. The Morgan fingerprint density at radius 2 is 1.95 bits per heavy atom. The van der Waals surface area contributed by atoms with Gasteiger partial charge >= 0.3 is 6.18 Å². The van der Waals surface area contributed by atoms with Crippen LogP contribution < -0.4 is 5.73 Å². The highest BCUT2D eigenvalue weighted by molar-refractivity contribution is 5.29. The minimum absolute atomic E-state index is 0.105. The molecule has 118 valence electrons. The van der Waals surface area contributed by atoms with E-state index in [2.05, 4.69) is 13.8 Å². The summed E-state index contributed by atoms with van der Waals surface area (Å²) in [6.07, 6.45) is -3.61. The van der Waals surface area contributed by atoms with Crippen molar-refractivity contribution < 1.29 is 17.6 Å². The molecule has 1 atom stereocenters. The number of hydrogen-bond acceptors (Lipinski definition) is 2. The van der Waals surface area contributed by atoms with E-state index in [1.807, 2.05) is 4.90 Å². The number of hydrogen-bond donors (Lipinski definition) is 1. The maximum absolute atomic E-state index is 13.5. The van der Waals surface area contributed by atoms with Gasteiger partial charge in [0.25, 0.3) is 0 Å². The maximum atomic E-state index is 13.5. The van der Waals surface area contributed by atoms with Gasteiger partial charge in [-0.05, 0) is 42.1 Å². The SMILES string of the molecule is CC1(C)CCN(C(CN)c2cc(F)cc(C(F)(F)F)c2)C1. The monoisotopic (exact) mass is 304 g/mol. The first-order chi connectivity index (χ1) is 9.62. The van der Waals surface area contributed by atoms with Crippen LogP contribution in [0.4, 0.5) is 17.6 Å². The predicted octanol–water partition coefficient (Wildman–Crippen LogP) is 3.58. The lowest BCUT2D eigenvalue weighted by Crippen LogP contribution is -2.33. The predicted molar refractivity (Wildman–Crippen MR) is 73.2 cm³/mol. The van der Waals surface area contributed by atoms with Gasteiger partial charge in [-0.25, -0.2) is 4.39 Å². The molecule has 2 rings (SSSR count). The van der Waals surface area contributed by atoms with Crippen molar-refractivity contribution in [3.8, 4) is 0 Å². The number of nitrogens with zero attached hydrogens (tertiary/aromatic N) is 1. The van der Waals surface area contributed by atoms with Crippen molar-refractivity contribution in [3.05, 3.63) is 35.1 Å². The van der Waals surface area contributed by atoms with Gasteiger partial charge in [0.15, 0.2) is 0 Å². The highest BCUT2D eigenvalue weighted by atomic mass is 19.4. The quantitative estimate of drug-likeness (QED) is 0.865. The van der Waals surface area contributed by atoms with Crippen LogP contribution in [0.2, 0.25) is 0 Å². The lowest BCUT2D eigenvalue weighted by molar-refractivity contribution is -0.137. The third-order valence-corrected chi connectivity index (χ3v) is 4.00. The molecule has 1 fully saturated rings. The first-order valence-electron chi connectivity index (χ1n) is 6.94. The molecule has 2 nitrogen and oxygen atoms in total. The van der Waals surface area contributed by atoms with Crippen LogP contribution in [0.1, 0.15) is 37.4 Å². The molecule has 0 amide bonds. The van der Waals surface area contributed by atoms with E-state index in [1.54, 1.807) is 0 Å². The van der Waals surface area contributed by atoms with E-state index in [0.29, 0.717) is 11.6 Å². The Morgan fingerprint density at radius 1 is 1.29 bits per heavy atom. The Labute approximate surface area is 121 Å². The molecular formula is C15H20F4N2. The zero-order valence-electron chi connectivity index (χ0n) is 12.2. The molecule has 6 heteroatoms. The second kappa shape index (κ2) is 5.57. The fourth-order valence-electron chi connectivity index (χ4n) is 2.88. The van der Waals surface area contributed by atoms with E-state index in [-0.39, 0.29) is 18.0 Å². The number of likely N-dealkylation sites (tertiary alicyclic amines) is 1. The summed E-state index contributed by atoms with van der Waals surface area (Å²) < 4.78 is 51.9. The fourth-order valence-corrected chi connectivity index (χ4v) is 2.88. The fraction of sp³-hybridized carbons (Fsp3) is 0.600. The van der Waals surface area contributed by atoms with Crippen LogP contribution in [0.3, 0.4) is 0 Å². The second-order valence-electron chi connectivity index (χ2n) is 6.41. The zero-order chi connectivity index (χ0) is 15.8. The van der Waals surface area contributed by atoms with Crippen molar-refractivity contribution in [2.45, 2.75) is 32.5 Å². The van der Waals surface area contributed by atoms with Crippen LogP contribution in [-0.2, 0) is 6.18 Å². The van der Waals surface area contributed by atoms with Crippen molar-refractivity contribution in [2.75, 3.05) is 19.6 Å². The molecule has 1 aliphatic rings. The smallest absolute Gasteiger partial charge is 0.329 e. The standard InChI is InChI=1S/C15H20F4N2/c1-14(2)3-4-21(9-14)13(8-20)10-5-11(15(17,18)19)7-12(16)6-10/h5-7,13H,3-4,8-9,20H2,1-2H3. The summed E-state index contributed by atoms with van der Waals surface area (Å²) in [4.78, 5) is 2.04. The number of alkyl halides is 3. The lowest BCUT2D eigenvalue weighted by atomic mass is 9.93. The highest BCUT2D eigenvalue weighted by Crippen LogP contribution is 2.36. The van der Waals surface area contributed by atoms with Crippen LogP contribution in [0, 0.1) is 11.2 Å². The van der Waals surface area contributed by atoms with Gasteiger partial charge < -0.3 is 5.73 Å². The molecule has 0 radical (unpaired) electrons. The van der Waals surface area contributed by atoms with Gasteiger partial charge in [0.1, 0.15) is 5.82 Å². The zero-order valence-corrected chi connectivity index (χ0v) is 12.2. The van der Waals surface area contributed by atoms with Crippen molar-refractivity contribution in [1.82, 2.24) is 4.90 Å². The first kappa shape index (κ1) is 16.2. The Balaban J connectivity index is 2.33. The van der Waals surface area contributed by atoms with Crippen LogP contribution in [-0.4, -0.2) is 24.5 Å². The third kappa shape index (κ3) is 3.74. The molecule has 1 aromatic rings. The van der Waals surface area contributed by atoms with E-state index in [9.17, 15) is 17.6 Å². The number of rotatable bonds is 3. The van der Waals surface area contributed by atoms with E-state index in [1.165, 1.54) is 0 Å². The average molecular weight is 304 g/mol. The molecule has 1 aromatic carbocycles. The summed E-state index contributed by atoms with van der Waals surface area (Å²) in [7, 11) is 0. The molecule has 21 heavy (non-hydrogen) atoms. The molecule has 1 heterocycles. The van der Waals surface area contributed by atoms with Gasteiger partial charge in [-0.3, -0.25) is 4.90 Å². The minimum Gasteiger partial charge on any atom is -0.329 e. The molecule has 0 bridgehead atoms. The normalized spacial score (nSPS) is 20.7. The minimum atomic E-state index is -4.56. The Bertz CT molecular complexity index is 511.